The summed E-state index contributed by atoms with van der Waals surface area (Å²) in [5.74, 6) is 0.104. The molecule has 1 aromatic heterocycles. The predicted octanol–water partition coefficient (Wildman–Crippen LogP) is 4.05. The summed E-state index contributed by atoms with van der Waals surface area (Å²) in [7, 11) is 0. The first-order chi connectivity index (χ1) is 13.6. The third-order valence-corrected chi connectivity index (χ3v) is 5.78. The Labute approximate surface area is 165 Å². The molecule has 1 atom stereocenters. The topological polar surface area (TPSA) is 72.8 Å². The fraction of sp³-hybridized carbons (Fsp3) is 0.348. The van der Waals surface area contributed by atoms with Crippen LogP contribution in [0.2, 0.25) is 0 Å². The fourth-order valence-corrected chi connectivity index (χ4v) is 4.11. The molecule has 5 nitrogen and oxygen atoms in total. The van der Waals surface area contributed by atoms with Gasteiger partial charge in [0.05, 0.1) is 12.3 Å². The minimum Gasteiger partial charge on any atom is -0.332 e. The van der Waals surface area contributed by atoms with Gasteiger partial charge in [-0.05, 0) is 67.9 Å². The van der Waals surface area contributed by atoms with Crippen molar-refractivity contribution in [3.63, 3.8) is 0 Å². The lowest BCUT2D eigenvalue weighted by atomic mass is 9.91. The summed E-state index contributed by atoms with van der Waals surface area (Å²) < 4.78 is 0. The van der Waals surface area contributed by atoms with E-state index >= 15 is 0 Å². The number of nitriles is 1. The lowest BCUT2D eigenvalue weighted by molar-refractivity contribution is 0.0643. The Balaban J connectivity index is 1.57. The number of hydrogen-bond acceptors (Lipinski definition) is 3. The molecule has 0 saturated heterocycles. The van der Waals surface area contributed by atoms with Crippen molar-refractivity contribution in [2.75, 3.05) is 0 Å². The van der Waals surface area contributed by atoms with Crippen LogP contribution < -0.4 is 0 Å². The molecule has 0 radical (unpaired) electrons. The molecule has 142 valence electrons. The van der Waals surface area contributed by atoms with Crippen molar-refractivity contribution in [2.45, 2.75) is 51.1 Å². The second kappa shape index (κ2) is 7.47. The van der Waals surface area contributed by atoms with Gasteiger partial charge in [0.2, 0.25) is 0 Å². The van der Waals surface area contributed by atoms with Crippen molar-refractivity contribution in [3.05, 3.63) is 71.1 Å². The predicted molar refractivity (Wildman–Crippen MR) is 108 cm³/mol. The number of fused-ring (bicyclic) bond motifs is 1. The summed E-state index contributed by atoms with van der Waals surface area (Å²) in [5, 5.41) is 16.4. The van der Waals surface area contributed by atoms with Crippen LogP contribution in [0.15, 0.2) is 48.7 Å². The van der Waals surface area contributed by atoms with E-state index in [9.17, 15) is 4.79 Å². The number of nitrogens with one attached hydrogen (secondary N) is 1. The Bertz CT molecular complexity index is 973. The van der Waals surface area contributed by atoms with E-state index in [0.29, 0.717) is 17.2 Å². The van der Waals surface area contributed by atoms with E-state index < -0.39 is 0 Å². The zero-order valence-electron chi connectivity index (χ0n) is 16.1. The summed E-state index contributed by atoms with van der Waals surface area (Å²) in [6.45, 7) is 5.58. The normalized spacial score (nSPS) is 19.2. The van der Waals surface area contributed by atoms with Gasteiger partial charge in [-0.1, -0.05) is 24.8 Å². The zero-order valence-corrected chi connectivity index (χ0v) is 16.1. The van der Waals surface area contributed by atoms with Crippen molar-refractivity contribution in [1.82, 2.24) is 15.1 Å². The average Bonchev–Trinajstić information content (AvgIpc) is 3.44. The van der Waals surface area contributed by atoms with Gasteiger partial charge in [0, 0.05) is 28.9 Å². The molecule has 1 amide bonds. The Morgan fingerprint density at radius 1 is 1.25 bits per heavy atom. The first-order valence-corrected chi connectivity index (χ1v) is 9.80. The van der Waals surface area contributed by atoms with Gasteiger partial charge in [-0.2, -0.15) is 10.4 Å². The molecule has 0 spiro atoms. The quantitative estimate of drug-likeness (QED) is 0.635. The summed E-state index contributed by atoms with van der Waals surface area (Å²) >= 11 is 0. The first-order valence-electron chi connectivity index (χ1n) is 9.80. The molecule has 2 aromatic rings. The van der Waals surface area contributed by atoms with Crippen LogP contribution in [0, 0.1) is 11.3 Å². The molecule has 1 heterocycles. The standard InChI is InChI=1S/C23H24N4O/c1-3-21(15(2)13-24)16-4-6-17(7-5-16)23(28)27(19-8-9-19)20-10-11-22-18(12-20)14-25-26-22/h3-7,14,19-20H,1,8-12H2,2H3,(H,25,26)/b21-15-. The van der Waals surface area contributed by atoms with E-state index in [4.69, 9.17) is 5.26 Å². The van der Waals surface area contributed by atoms with Crippen LogP contribution in [-0.2, 0) is 12.8 Å². The number of aromatic amines is 1. The van der Waals surface area contributed by atoms with E-state index in [1.54, 1.807) is 13.0 Å². The van der Waals surface area contributed by atoms with Gasteiger partial charge in [0.15, 0.2) is 0 Å². The smallest absolute Gasteiger partial charge is 0.254 e. The molecular weight excluding hydrogens is 348 g/mol. The van der Waals surface area contributed by atoms with E-state index in [0.717, 1.165) is 43.2 Å². The van der Waals surface area contributed by atoms with E-state index in [1.165, 1.54) is 11.3 Å². The number of benzene rings is 1. The summed E-state index contributed by atoms with van der Waals surface area (Å²) in [5.41, 5.74) is 5.47. The molecule has 5 heteroatoms. The number of H-pyrrole nitrogens is 1. The van der Waals surface area contributed by atoms with Gasteiger partial charge in [-0.25, -0.2) is 0 Å². The highest BCUT2D eigenvalue weighted by atomic mass is 16.2. The Hall–Kier alpha value is -3.13. The van der Waals surface area contributed by atoms with Crippen LogP contribution in [0.5, 0.6) is 0 Å². The molecule has 2 aliphatic rings. The Kier molecular flexibility index (Phi) is 4.87. The fourth-order valence-electron chi connectivity index (χ4n) is 4.11. The molecule has 28 heavy (non-hydrogen) atoms. The number of carbonyl (C=O) groups is 1. The van der Waals surface area contributed by atoms with Crippen LogP contribution in [0.1, 0.15) is 53.4 Å². The van der Waals surface area contributed by atoms with Crippen LogP contribution in [0.25, 0.3) is 5.57 Å². The molecule has 1 saturated carbocycles. The van der Waals surface area contributed by atoms with Crippen LogP contribution in [0.3, 0.4) is 0 Å². The number of aromatic nitrogens is 2. The lowest BCUT2D eigenvalue weighted by Gasteiger charge is -2.34. The molecule has 0 aliphatic heterocycles. The molecule has 2 aliphatic carbocycles. The highest BCUT2D eigenvalue weighted by Gasteiger charge is 2.39. The van der Waals surface area contributed by atoms with Crippen molar-refractivity contribution in [1.29, 1.82) is 5.26 Å². The van der Waals surface area contributed by atoms with E-state index in [2.05, 4.69) is 27.7 Å². The molecule has 4 rings (SSSR count). The van der Waals surface area contributed by atoms with Crippen molar-refractivity contribution < 1.29 is 4.79 Å². The summed E-state index contributed by atoms with van der Waals surface area (Å²) in [6.07, 6.45) is 8.54. The summed E-state index contributed by atoms with van der Waals surface area (Å²) in [4.78, 5) is 15.4. The number of carbonyl (C=O) groups excluding carboxylic acids is 1. The van der Waals surface area contributed by atoms with Crippen molar-refractivity contribution in [2.24, 2.45) is 0 Å². The van der Waals surface area contributed by atoms with Gasteiger partial charge in [0.25, 0.3) is 5.91 Å². The number of amides is 1. The van der Waals surface area contributed by atoms with Crippen LogP contribution in [0.4, 0.5) is 0 Å². The molecule has 1 unspecified atom stereocenters. The SMILES string of the molecule is C=C/C(=C(\C)C#N)c1ccc(C(=O)N(C2CC2)C2CCc3[nH]ncc3C2)cc1. The largest absolute Gasteiger partial charge is 0.332 e. The van der Waals surface area contributed by atoms with E-state index in [-0.39, 0.29) is 11.9 Å². The summed E-state index contributed by atoms with van der Waals surface area (Å²) in [6, 6.07) is 10.3. The number of hydrogen-bond donors (Lipinski definition) is 1. The molecule has 1 aromatic carbocycles. The maximum atomic E-state index is 13.3. The van der Waals surface area contributed by atoms with Crippen LogP contribution in [-0.4, -0.2) is 33.1 Å². The second-order valence-electron chi connectivity index (χ2n) is 7.65. The van der Waals surface area contributed by atoms with Gasteiger partial charge >= 0.3 is 0 Å². The van der Waals surface area contributed by atoms with Gasteiger partial charge in [0.1, 0.15) is 0 Å². The molecule has 0 bridgehead atoms. The van der Waals surface area contributed by atoms with Gasteiger partial charge in [-0.15, -0.1) is 0 Å². The minimum atomic E-state index is 0.104. The molecular formula is C23H24N4O. The minimum absolute atomic E-state index is 0.104. The number of rotatable bonds is 5. The molecule has 1 fully saturated rings. The monoisotopic (exact) mass is 372 g/mol. The third-order valence-electron chi connectivity index (χ3n) is 5.78. The van der Waals surface area contributed by atoms with Crippen molar-refractivity contribution >= 4 is 11.5 Å². The second-order valence-corrected chi connectivity index (χ2v) is 7.65. The van der Waals surface area contributed by atoms with Crippen molar-refractivity contribution in [3.8, 4) is 6.07 Å². The van der Waals surface area contributed by atoms with Gasteiger partial charge in [-0.3, -0.25) is 9.89 Å². The Morgan fingerprint density at radius 3 is 2.61 bits per heavy atom. The lowest BCUT2D eigenvalue weighted by Crippen LogP contribution is -2.44. The highest BCUT2D eigenvalue weighted by Crippen LogP contribution is 2.34. The van der Waals surface area contributed by atoms with E-state index in [1.807, 2.05) is 30.5 Å². The number of allylic oxidation sites excluding steroid dienone is 3. The zero-order chi connectivity index (χ0) is 19.7. The first kappa shape index (κ1) is 18.2. The maximum Gasteiger partial charge on any atom is 0.254 e. The highest BCUT2D eigenvalue weighted by molar-refractivity contribution is 5.95. The van der Waals surface area contributed by atoms with Gasteiger partial charge < -0.3 is 4.90 Å². The average molecular weight is 372 g/mol. The van der Waals surface area contributed by atoms with Crippen LogP contribution >= 0.6 is 0 Å². The molecule has 1 N–H and O–H groups in total. The number of aryl methyl sites for hydroxylation is 1. The number of nitrogens with zero attached hydrogens (tertiary/aromatic N) is 3. The maximum absolute atomic E-state index is 13.3. The third kappa shape index (κ3) is 3.38. The Morgan fingerprint density at radius 2 is 1.96 bits per heavy atom.